The molecule has 0 spiro atoms. The second-order valence-corrected chi connectivity index (χ2v) is 7.42. The lowest BCUT2D eigenvalue weighted by molar-refractivity contribution is -0.130. The fraction of sp³-hybridized carbons (Fsp3) is 0.130. The smallest absolute Gasteiger partial charge is 0.281 e. The summed E-state index contributed by atoms with van der Waals surface area (Å²) in [6.45, 7) is -0.579. The summed E-state index contributed by atoms with van der Waals surface area (Å²) in [5.74, 6) is -4.24. The number of hydrogen-bond donors (Lipinski definition) is 2. The van der Waals surface area contributed by atoms with Crippen LogP contribution in [0.5, 0.6) is 5.75 Å². The molecular formula is C23H17F2N3O5. The number of carbonyl (C=O) groups is 3. The molecule has 1 aliphatic rings. The van der Waals surface area contributed by atoms with Crippen molar-refractivity contribution >= 4 is 17.7 Å². The first-order valence-corrected chi connectivity index (χ1v) is 9.83. The van der Waals surface area contributed by atoms with Crippen molar-refractivity contribution in [3.8, 4) is 5.75 Å². The first-order chi connectivity index (χ1) is 15.7. The molecule has 1 aromatic heterocycles. The molecule has 168 valence electrons. The summed E-state index contributed by atoms with van der Waals surface area (Å²) in [4.78, 5) is 51.4. The lowest BCUT2D eigenvalue weighted by atomic mass is 10.1. The van der Waals surface area contributed by atoms with Gasteiger partial charge in [0.1, 0.15) is 23.7 Å². The number of imide groups is 1. The Morgan fingerprint density at radius 3 is 2.12 bits per heavy atom. The van der Waals surface area contributed by atoms with Crippen molar-refractivity contribution in [2.24, 2.45) is 0 Å². The molecular weight excluding hydrogens is 436 g/mol. The number of halogens is 2. The second-order valence-electron chi connectivity index (χ2n) is 7.42. The summed E-state index contributed by atoms with van der Waals surface area (Å²) in [7, 11) is 0. The largest absolute Gasteiger partial charge is 0.503 e. The SMILES string of the molecule is O=C(NCc1ccc(F)cc1)c1cn2c(c(O)c1=O)C(=O)N(Cc1ccc(F)cc1)C(=O)C2. The lowest BCUT2D eigenvalue weighted by Gasteiger charge is -2.29. The van der Waals surface area contributed by atoms with Crippen molar-refractivity contribution in [2.75, 3.05) is 0 Å². The highest BCUT2D eigenvalue weighted by molar-refractivity contribution is 6.08. The molecule has 0 unspecified atom stereocenters. The van der Waals surface area contributed by atoms with Crippen molar-refractivity contribution < 1.29 is 28.3 Å². The molecule has 2 aromatic carbocycles. The Labute approximate surface area is 185 Å². The summed E-state index contributed by atoms with van der Waals surface area (Å²) >= 11 is 0. The van der Waals surface area contributed by atoms with E-state index in [1.165, 1.54) is 48.5 Å². The van der Waals surface area contributed by atoms with Crippen LogP contribution in [0.3, 0.4) is 0 Å². The van der Waals surface area contributed by atoms with E-state index in [1.807, 2.05) is 0 Å². The number of amides is 3. The van der Waals surface area contributed by atoms with Crippen LogP contribution in [-0.2, 0) is 24.4 Å². The van der Waals surface area contributed by atoms with Crippen molar-refractivity contribution in [1.29, 1.82) is 0 Å². The monoisotopic (exact) mass is 453 g/mol. The standard InChI is InChI=1S/C23H17F2N3O5/c24-15-5-1-13(2-6-15)9-26-22(32)17-11-27-12-18(29)28(10-14-3-7-16(25)8-4-14)23(33)19(27)21(31)20(17)30/h1-8,11,31H,9-10,12H2,(H,26,32). The third-order valence-corrected chi connectivity index (χ3v) is 5.18. The molecule has 2 N–H and O–H groups in total. The molecule has 1 aliphatic heterocycles. The molecule has 3 amide bonds. The molecule has 0 fully saturated rings. The number of aromatic nitrogens is 1. The van der Waals surface area contributed by atoms with Gasteiger partial charge in [-0.1, -0.05) is 24.3 Å². The van der Waals surface area contributed by atoms with Gasteiger partial charge in [0.05, 0.1) is 6.54 Å². The maximum absolute atomic E-state index is 13.1. The Bertz CT molecular complexity index is 1320. The van der Waals surface area contributed by atoms with E-state index in [0.717, 1.165) is 15.7 Å². The normalized spacial score (nSPS) is 13.1. The topological polar surface area (TPSA) is 109 Å². The van der Waals surface area contributed by atoms with Crippen LogP contribution in [0.25, 0.3) is 0 Å². The zero-order valence-electron chi connectivity index (χ0n) is 17.0. The third-order valence-electron chi connectivity index (χ3n) is 5.18. The molecule has 0 atom stereocenters. The van der Waals surface area contributed by atoms with E-state index in [0.29, 0.717) is 11.1 Å². The molecule has 33 heavy (non-hydrogen) atoms. The molecule has 4 rings (SSSR count). The number of rotatable bonds is 5. The maximum atomic E-state index is 13.1. The molecule has 0 aliphatic carbocycles. The number of nitrogens with one attached hydrogen (secondary N) is 1. The molecule has 0 saturated heterocycles. The van der Waals surface area contributed by atoms with Gasteiger partial charge in [0.25, 0.3) is 11.8 Å². The van der Waals surface area contributed by atoms with Crippen LogP contribution in [-0.4, -0.2) is 32.3 Å². The summed E-state index contributed by atoms with van der Waals surface area (Å²) in [5.41, 5.74) is -0.885. The van der Waals surface area contributed by atoms with Gasteiger partial charge >= 0.3 is 0 Å². The van der Waals surface area contributed by atoms with Gasteiger partial charge in [0.15, 0.2) is 11.4 Å². The van der Waals surface area contributed by atoms with Gasteiger partial charge in [-0.05, 0) is 35.4 Å². The van der Waals surface area contributed by atoms with Crippen LogP contribution in [0.2, 0.25) is 0 Å². The number of aromatic hydroxyl groups is 1. The van der Waals surface area contributed by atoms with E-state index in [-0.39, 0.29) is 13.1 Å². The molecule has 0 saturated carbocycles. The number of nitrogens with zero attached hydrogens (tertiary/aromatic N) is 2. The minimum atomic E-state index is -1.07. The average Bonchev–Trinajstić information content (AvgIpc) is 2.79. The van der Waals surface area contributed by atoms with E-state index in [2.05, 4.69) is 5.32 Å². The van der Waals surface area contributed by atoms with Crippen molar-refractivity contribution in [3.05, 3.63) is 99.0 Å². The Kier molecular flexibility index (Phi) is 5.74. The van der Waals surface area contributed by atoms with Gasteiger partial charge in [-0.3, -0.25) is 24.1 Å². The van der Waals surface area contributed by atoms with Crippen LogP contribution in [0, 0.1) is 11.6 Å². The Balaban J connectivity index is 1.58. The van der Waals surface area contributed by atoms with E-state index >= 15 is 0 Å². The predicted molar refractivity (Wildman–Crippen MR) is 111 cm³/mol. The summed E-state index contributed by atoms with van der Waals surface area (Å²) in [6.07, 6.45) is 1.04. The Morgan fingerprint density at radius 2 is 1.52 bits per heavy atom. The molecule has 3 aromatic rings. The van der Waals surface area contributed by atoms with E-state index in [9.17, 15) is 33.1 Å². The molecule has 8 nitrogen and oxygen atoms in total. The quantitative estimate of drug-likeness (QED) is 0.574. The Morgan fingerprint density at radius 1 is 0.939 bits per heavy atom. The van der Waals surface area contributed by atoms with Gasteiger partial charge in [-0.15, -0.1) is 0 Å². The van der Waals surface area contributed by atoms with Gasteiger partial charge < -0.3 is 15.0 Å². The van der Waals surface area contributed by atoms with Gasteiger partial charge in [0.2, 0.25) is 11.3 Å². The fourth-order valence-electron chi connectivity index (χ4n) is 3.45. The highest BCUT2D eigenvalue weighted by Crippen LogP contribution is 2.22. The molecule has 0 bridgehead atoms. The van der Waals surface area contributed by atoms with Crippen LogP contribution >= 0.6 is 0 Å². The minimum absolute atomic E-state index is 0.00955. The number of benzene rings is 2. The van der Waals surface area contributed by atoms with E-state index in [1.54, 1.807) is 0 Å². The zero-order valence-corrected chi connectivity index (χ0v) is 17.0. The maximum Gasteiger partial charge on any atom is 0.281 e. The zero-order chi connectivity index (χ0) is 23.7. The van der Waals surface area contributed by atoms with Crippen molar-refractivity contribution in [1.82, 2.24) is 14.8 Å². The molecule has 0 radical (unpaired) electrons. The first-order valence-electron chi connectivity index (χ1n) is 9.83. The highest BCUT2D eigenvalue weighted by Gasteiger charge is 2.35. The van der Waals surface area contributed by atoms with Crippen LogP contribution < -0.4 is 10.7 Å². The number of pyridine rings is 1. The van der Waals surface area contributed by atoms with E-state index in [4.69, 9.17) is 0 Å². The number of hydrogen-bond acceptors (Lipinski definition) is 5. The second kappa shape index (κ2) is 8.65. The third kappa shape index (κ3) is 4.36. The van der Waals surface area contributed by atoms with Crippen LogP contribution in [0.4, 0.5) is 8.78 Å². The average molecular weight is 453 g/mol. The van der Waals surface area contributed by atoms with Crippen molar-refractivity contribution in [3.63, 3.8) is 0 Å². The van der Waals surface area contributed by atoms with Gasteiger partial charge in [0, 0.05) is 12.7 Å². The summed E-state index contributed by atoms with van der Waals surface area (Å²) in [5, 5.41) is 12.9. The summed E-state index contributed by atoms with van der Waals surface area (Å²) in [6, 6.07) is 10.5. The fourth-order valence-corrected chi connectivity index (χ4v) is 3.45. The molecule has 10 heteroatoms. The predicted octanol–water partition coefficient (Wildman–Crippen LogP) is 1.94. The Hall–Kier alpha value is -4.34. The highest BCUT2D eigenvalue weighted by atomic mass is 19.1. The lowest BCUT2D eigenvalue weighted by Crippen LogP contribution is -2.46. The summed E-state index contributed by atoms with van der Waals surface area (Å²) < 4.78 is 27.2. The van der Waals surface area contributed by atoms with E-state index < -0.39 is 58.3 Å². The van der Waals surface area contributed by atoms with Crippen LogP contribution in [0.1, 0.15) is 32.0 Å². The van der Waals surface area contributed by atoms with Gasteiger partial charge in [-0.25, -0.2) is 8.78 Å². The minimum Gasteiger partial charge on any atom is -0.503 e. The van der Waals surface area contributed by atoms with Crippen molar-refractivity contribution in [2.45, 2.75) is 19.6 Å². The molecule has 2 heterocycles. The first kappa shape index (κ1) is 21.9. The number of fused-ring (bicyclic) bond motifs is 1. The number of carbonyl (C=O) groups excluding carboxylic acids is 3. The van der Waals surface area contributed by atoms with Crippen LogP contribution in [0.15, 0.2) is 59.5 Å². The van der Waals surface area contributed by atoms with Gasteiger partial charge in [-0.2, -0.15) is 0 Å².